The predicted molar refractivity (Wildman–Crippen MR) is 54.4 cm³/mol. The molecule has 1 aromatic carbocycles. The molecule has 1 heteroatoms. The van der Waals surface area contributed by atoms with Crippen molar-refractivity contribution in [1.29, 1.82) is 0 Å². The van der Waals surface area contributed by atoms with Crippen molar-refractivity contribution in [1.82, 2.24) is 0 Å². The summed E-state index contributed by atoms with van der Waals surface area (Å²) in [4.78, 5) is 4.30. The van der Waals surface area contributed by atoms with Crippen molar-refractivity contribution in [2.45, 2.75) is 26.7 Å². The lowest BCUT2D eigenvalue weighted by Gasteiger charge is -2.07. The van der Waals surface area contributed by atoms with Crippen molar-refractivity contribution >= 4 is 11.9 Å². The van der Waals surface area contributed by atoms with Crippen LogP contribution in [0.2, 0.25) is 0 Å². The van der Waals surface area contributed by atoms with Crippen LogP contribution in [0.4, 0.5) is 5.69 Å². The maximum Gasteiger partial charge on any atom is 0.0660 e. The van der Waals surface area contributed by atoms with Crippen molar-refractivity contribution in [3.05, 3.63) is 29.8 Å². The quantitative estimate of drug-likeness (QED) is 0.588. The number of aliphatic imine (C=N–C) groups is 1. The van der Waals surface area contributed by atoms with Crippen LogP contribution >= 0.6 is 0 Å². The van der Waals surface area contributed by atoms with E-state index in [4.69, 9.17) is 0 Å². The summed E-state index contributed by atoms with van der Waals surface area (Å²) in [5.41, 5.74) is 2.41. The fourth-order valence-corrected chi connectivity index (χ4v) is 1.23. The maximum atomic E-state index is 4.30. The van der Waals surface area contributed by atoms with Gasteiger partial charge in [-0.3, -0.25) is 4.99 Å². The molecule has 0 atom stereocenters. The van der Waals surface area contributed by atoms with E-state index >= 15 is 0 Å². The first-order valence-electron chi connectivity index (χ1n) is 4.33. The largest absolute Gasteiger partial charge is 0.261 e. The van der Waals surface area contributed by atoms with Gasteiger partial charge in [0, 0.05) is 6.21 Å². The third kappa shape index (κ3) is 1.94. The fourth-order valence-electron chi connectivity index (χ4n) is 1.23. The third-order valence-corrected chi connectivity index (χ3v) is 1.83. The smallest absolute Gasteiger partial charge is 0.0660 e. The minimum atomic E-state index is 0.546. The summed E-state index contributed by atoms with van der Waals surface area (Å²) in [6.45, 7) is 6.31. The van der Waals surface area contributed by atoms with Crippen LogP contribution in [0.15, 0.2) is 29.3 Å². The van der Waals surface area contributed by atoms with Crippen LogP contribution in [0, 0.1) is 0 Å². The first kappa shape index (κ1) is 8.98. The lowest BCUT2D eigenvalue weighted by molar-refractivity contribution is 0.867. The van der Waals surface area contributed by atoms with E-state index in [0.29, 0.717) is 5.92 Å². The molecule has 0 spiro atoms. The zero-order chi connectivity index (χ0) is 8.97. The topological polar surface area (TPSA) is 12.4 Å². The molecule has 0 saturated carbocycles. The summed E-state index contributed by atoms with van der Waals surface area (Å²) >= 11 is 0. The van der Waals surface area contributed by atoms with Crippen LogP contribution in [0.25, 0.3) is 0 Å². The van der Waals surface area contributed by atoms with Crippen molar-refractivity contribution in [2.24, 2.45) is 4.99 Å². The highest BCUT2D eigenvalue weighted by molar-refractivity contribution is 5.62. The summed E-state index contributed by atoms with van der Waals surface area (Å²) in [6, 6.07) is 8.26. The van der Waals surface area contributed by atoms with Crippen LogP contribution in [-0.2, 0) is 0 Å². The van der Waals surface area contributed by atoms with E-state index in [-0.39, 0.29) is 0 Å². The molecule has 0 fully saturated rings. The monoisotopic (exact) mass is 161 g/mol. The van der Waals surface area contributed by atoms with Crippen LogP contribution in [0.3, 0.4) is 0 Å². The Balaban J connectivity index is 3.08. The molecule has 1 aromatic rings. The average molecular weight is 161 g/mol. The zero-order valence-corrected chi connectivity index (χ0v) is 7.91. The van der Waals surface area contributed by atoms with E-state index in [9.17, 15) is 0 Å². The Labute approximate surface area is 74.2 Å². The van der Waals surface area contributed by atoms with Crippen LogP contribution in [-0.4, -0.2) is 6.21 Å². The molecular weight excluding hydrogens is 146 g/mol. The van der Waals surface area contributed by atoms with Gasteiger partial charge in [0.2, 0.25) is 0 Å². The molecule has 0 radical (unpaired) electrons. The van der Waals surface area contributed by atoms with Crippen molar-refractivity contribution in [3.8, 4) is 0 Å². The van der Waals surface area contributed by atoms with Gasteiger partial charge in [0.05, 0.1) is 5.69 Å². The molecule has 0 bridgehead atoms. The van der Waals surface area contributed by atoms with Gasteiger partial charge in [0.1, 0.15) is 0 Å². The van der Waals surface area contributed by atoms with E-state index in [1.807, 2.05) is 19.2 Å². The molecule has 1 rings (SSSR count). The molecule has 0 N–H and O–H groups in total. The molecule has 1 nitrogen and oxygen atoms in total. The van der Waals surface area contributed by atoms with Gasteiger partial charge in [-0.15, -0.1) is 0 Å². The molecular formula is C11H15N. The van der Waals surface area contributed by atoms with Gasteiger partial charge in [0.15, 0.2) is 0 Å². The second kappa shape index (κ2) is 4.05. The molecule has 0 unspecified atom stereocenters. The first-order chi connectivity index (χ1) is 5.75. The van der Waals surface area contributed by atoms with Crippen LogP contribution in [0.5, 0.6) is 0 Å². The molecule has 0 heterocycles. The van der Waals surface area contributed by atoms with Crippen LogP contribution < -0.4 is 0 Å². The number of benzene rings is 1. The van der Waals surface area contributed by atoms with E-state index in [2.05, 4.69) is 37.0 Å². The summed E-state index contributed by atoms with van der Waals surface area (Å²) in [7, 11) is 0. The average Bonchev–Trinajstić information content (AvgIpc) is 2.05. The molecule has 0 saturated heterocycles. The lowest BCUT2D eigenvalue weighted by atomic mass is 10.0. The van der Waals surface area contributed by atoms with E-state index in [1.165, 1.54) is 5.56 Å². The number of rotatable bonds is 2. The molecule has 64 valence electrons. The normalized spacial score (nSPS) is 11.3. The first-order valence-corrected chi connectivity index (χ1v) is 4.33. The Morgan fingerprint density at radius 2 is 1.92 bits per heavy atom. The van der Waals surface area contributed by atoms with Gasteiger partial charge >= 0.3 is 0 Å². The second-order valence-corrected chi connectivity index (χ2v) is 3.10. The molecule has 0 aliphatic rings. The summed E-state index contributed by atoms with van der Waals surface area (Å²) in [5.74, 6) is 0.546. The van der Waals surface area contributed by atoms with Crippen molar-refractivity contribution < 1.29 is 0 Å². The Hall–Kier alpha value is -1.11. The number of nitrogens with zero attached hydrogens (tertiary/aromatic N) is 1. The maximum absolute atomic E-state index is 4.30. The highest BCUT2D eigenvalue weighted by Crippen LogP contribution is 2.25. The van der Waals surface area contributed by atoms with Gasteiger partial charge in [-0.1, -0.05) is 32.0 Å². The number of para-hydroxylation sites is 1. The van der Waals surface area contributed by atoms with E-state index in [0.717, 1.165) is 5.69 Å². The van der Waals surface area contributed by atoms with Gasteiger partial charge in [-0.25, -0.2) is 0 Å². The summed E-state index contributed by atoms with van der Waals surface area (Å²) in [6.07, 6.45) is 1.83. The molecule has 0 aliphatic carbocycles. The zero-order valence-electron chi connectivity index (χ0n) is 7.91. The number of hydrogen-bond donors (Lipinski definition) is 0. The second-order valence-electron chi connectivity index (χ2n) is 3.10. The molecule has 0 amide bonds. The van der Waals surface area contributed by atoms with E-state index < -0.39 is 0 Å². The fraction of sp³-hybridized carbons (Fsp3) is 0.364. The van der Waals surface area contributed by atoms with Gasteiger partial charge in [0.25, 0.3) is 0 Å². The standard InChI is InChI=1S/C11H15N/c1-4-12-11-8-6-5-7-10(11)9(2)3/h4-9H,1-3H3/b12-4-. The molecule has 0 aliphatic heterocycles. The number of hydrogen-bond acceptors (Lipinski definition) is 1. The highest BCUT2D eigenvalue weighted by Gasteiger charge is 2.02. The summed E-state index contributed by atoms with van der Waals surface area (Å²) in [5, 5.41) is 0. The van der Waals surface area contributed by atoms with Crippen molar-refractivity contribution in [3.63, 3.8) is 0 Å². The van der Waals surface area contributed by atoms with Gasteiger partial charge in [-0.05, 0) is 24.5 Å². The minimum absolute atomic E-state index is 0.546. The SMILES string of the molecule is C/C=N\c1ccccc1C(C)C. The minimum Gasteiger partial charge on any atom is -0.261 e. The lowest BCUT2D eigenvalue weighted by Crippen LogP contribution is -1.86. The Bertz CT molecular complexity index is 274. The van der Waals surface area contributed by atoms with Gasteiger partial charge < -0.3 is 0 Å². The Morgan fingerprint density at radius 1 is 1.25 bits per heavy atom. The molecule has 12 heavy (non-hydrogen) atoms. The van der Waals surface area contributed by atoms with Crippen molar-refractivity contribution in [2.75, 3.05) is 0 Å². The molecule has 0 aromatic heterocycles. The Kier molecular flexibility index (Phi) is 3.03. The predicted octanol–water partition coefficient (Wildman–Crippen LogP) is 3.53. The van der Waals surface area contributed by atoms with Crippen LogP contribution in [0.1, 0.15) is 32.3 Å². The Morgan fingerprint density at radius 3 is 2.50 bits per heavy atom. The third-order valence-electron chi connectivity index (χ3n) is 1.83. The van der Waals surface area contributed by atoms with E-state index in [1.54, 1.807) is 0 Å². The van der Waals surface area contributed by atoms with Gasteiger partial charge in [-0.2, -0.15) is 0 Å². The highest BCUT2D eigenvalue weighted by atomic mass is 14.7. The summed E-state index contributed by atoms with van der Waals surface area (Å²) < 4.78 is 0.